The van der Waals surface area contributed by atoms with Crippen LogP contribution >= 0.6 is 0 Å². The van der Waals surface area contributed by atoms with Gasteiger partial charge in [-0.15, -0.1) is 5.92 Å². The molecule has 1 aliphatic heterocycles. The predicted molar refractivity (Wildman–Crippen MR) is 67.2 cm³/mol. The smallest absolute Gasteiger partial charge is 0.351 e. The lowest BCUT2D eigenvalue weighted by molar-refractivity contribution is -0.0546. The van der Waals surface area contributed by atoms with Gasteiger partial charge in [-0.1, -0.05) is 5.92 Å². The number of halogens is 2. The predicted octanol–water partition coefficient (Wildman–Crippen LogP) is -1.05. The molecule has 114 valence electrons. The fourth-order valence-corrected chi connectivity index (χ4v) is 2.12. The fourth-order valence-electron chi connectivity index (χ4n) is 2.12. The van der Waals surface area contributed by atoms with Gasteiger partial charge in [-0.25, -0.2) is 13.6 Å². The normalized spacial score (nSPS) is 31.8. The third-order valence-corrected chi connectivity index (χ3v) is 3.13. The summed E-state index contributed by atoms with van der Waals surface area (Å²) >= 11 is 0. The highest BCUT2D eigenvalue weighted by Gasteiger charge is 2.57. The molecule has 0 bridgehead atoms. The Bertz CT molecular complexity index is 669. The van der Waals surface area contributed by atoms with E-state index in [0.717, 1.165) is 0 Å². The van der Waals surface area contributed by atoms with Crippen molar-refractivity contribution in [2.24, 2.45) is 0 Å². The van der Waals surface area contributed by atoms with Crippen molar-refractivity contribution in [3.05, 3.63) is 22.5 Å². The molecule has 0 saturated carbocycles. The molecule has 1 saturated heterocycles. The molecule has 2 rings (SSSR count). The summed E-state index contributed by atoms with van der Waals surface area (Å²) < 4.78 is 34.0. The molecule has 0 spiro atoms. The summed E-state index contributed by atoms with van der Waals surface area (Å²) in [6.45, 7) is 0.621. The van der Waals surface area contributed by atoms with Gasteiger partial charge < -0.3 is 20.7 Å². The lowest BCUT2D eigenvalue weighted by atomic mass is 9.96. The van der Waals surface area contributed by atoms with Gasteiger partial charge in [0.05, 0.1) is 12.8 Å². The Hall–Kier alpha value is -2.02. The summed E-state index contributed by atoms with van der Waals surface area (Å²) in [6.07, 6.45) is -4.26. The van der Waals surface area contributed by atoms with Crippen molar-refractivity contribution in [2.45, 2.75) is 31.0 Å². The molecule has 1 fully saturated rings. The second-order valence-electron chi connectivity index (χ2n) is 4.46. The van der Waals surface area contributed by atoms with Gasteiger partial charge in [0.2, 0.25) is 5.67 Å². The Morgan fingerprint density at radius 3 is 2.90 bits per heavy atom. The number of alkyl halides is 1. The zero-order chi connectivity index (χ0) is 15.8. The van der Waals surface area contributed by atoms with Crippen molar-refractivity contribution in [3.8, 4) is 11.8 Å². The number of nitrogen functional groups attached to an aromatic ring is 1. The first-order chi connectivity index (χ1) is 9.85. The second kappa shape index (κ2) is 5.40. The molecule has 0 aliphatic carbocycles. The number of aromatic nitrogens is 2. The molecular weight excluding hydrogens is 288 g/mol. The van der Waals surface area contributed by atoms with Crippen molar-refractivity contribution in [1.29, 1.82) is 0 Å². The summed E-state index contributed by atoms with van der Waals surface area (Å²) in [6, 6.07) is 0. The molecule has 4 N–H and O–H groups in total. The number of nitrogens with two attached hydrogens (primary N) is 1. The van der Waals surface area contributed by atoms with E-state index in [0.29, 0.717) is 10.8 Å². The summed E-state index contributed by atoms with van der Waals surface area (Å²) in [5.41, 5.74) is 1.38. The molecule has 1 aliphatic rings. The van der Waals surface area contributed by atoms with Crippen LogP contribution in [0.5, 0.6) is 0 Å². The summed E-state index contributed by atoms with van der Waals surface area (Å²) in [5.74, 6) is 2.68. The largest absolute Gasteiger partial charge is 0.394 e. The topological polar surface area (TPSA) is 111 Å². The SMILES string of the molecule is CC#CC1(F)C(n2cc(F)c(N)nc2=O)OC(CO)[C@@H]1O. The zero-order valence-electron chi connectivity index (χ0n) is 11.0. The number of aliphatic hydroxyl groups is 2. The van der Waals surface area contributed by atoms with E-state index in [1.165, 1.54) is 6.92 Å². The van der Waals surface area contributed by atoms with E-state index < -0.39 is 48.0 Å². The van der Waals surface area contributed by atoms with Gasteiger partial charge >= 0.3 is 5.69 Å². The van der Waals surface area contributed by atoms with Crippen molar-refractivity contribution < 1.29 is 23.7 Å². The molecule has 7 nitrogen and oxygen atoms in total. The summed E-state index contributed by atoms with van der Waals surface area (Å²) in [5, 5.41) is 18.9. The van der Waals surface area contributed by atoms with Crippen molar-refractivity contribution in [2.75, 3.05) is 12.3 Å². The molecule has 0 aromatic carbocycles. The van der Waals surface area contributed by atoms with E-state index in [2.05, 4.69) is 16.8 Å². The molecule has 1 aromatic heterocycles. The maximum absolute atomic E-state index is 14.9. The highest BCUT2D eigenvalue weighted by molar-refractivity contribution is 5.28. The van der Waals surface area contributed by atoms with Crippen LogP contribution in [-0.2, 0) is 4.74 Å². The molecule has 3 unspecified atom stereocenters. The third kappa shape index (κ3) is 2.37. The van der Waals surface area contributed by atoms with Crippen molar-refractivity contribution in [1.82, 2.24) is 9.55 Å². The van der Waals surface area contributed by atoms with E-state index in [-0.39, 0.29) is 0 Å². The van der Waals surface area contributed by atoms with E-state index in [1.54, 1.807) is 0 Å². The first-order valence-corrected chi connectivity index (χ1v) is 5.96. The highest BCUT2D eigenvalue weighted by Crippen LogP contribution is 2.40. The van der Waals surface area contributed by atoms with Crippen LogP contribution in [0.1, 0.15) is 13.2 Å². The quantitative estimate of drug-likeness (QED) is 0.601. The molecule has 1 aromatic rings. The van der Waals surface area contributed by atoms with Crippen LogP contribution in [0.4, 0.5) is 14.6 Å². The first kappa shape index (κ1) is 15.4. The van der Waals surface area contributed by atoms with Crippen molar-refractivity contribution in [3.63, 3.8) is 0 Å². The van der Waals surface area contributed by atoms with Crippen LogP contribution in [0.2, 0.25) is 0 Å². The van der Waals surface area contributed by atoms with Crippen LogP contribution in [-0.4, -0.2) is 44.2 Å². The average molecular weight is 301 g/mol. The highest BCUT2D eigenvalue weighted by atomic mass is 19.1. The minimum Gasteiger partial charge on any atom is -0.394 e. The fraction of sp³-hybridized carbons (Fsp3) is 0.500. The Morgan fingerprint density at radius 1 is 1.67 bits per heavy atom. The second-order valence-corrected chi connectivity index (χ2v) is 4.46. The van der Waals surface area contributed by atoms with Crippen molar-refractivity contribution >= 4 is 5.82 Å². The van der Waals surface area contributed by atoms with Crippen LogP contribution < -0.4 is 11.4 Å². The number of ether oxygens (including phenoxy) is 1. The Labute approximate surface area is 118 Å². The van der Waals surface area contributed by atoms with Gasteiger partial charge in [0, 0.05) is 0 Å². The number of rotatable bonds is 2. The molecule has 0 amide bonds. The van der Waals surface area contributed by atoms with Gasteiger partial charge in [-0.05, 0) is 6.92 Å². The zero-order valence-corrected chi connectivity index (χ0v) is 11.0. The minimum absolute atomic E-state index is 0.509. The molecule has 2 heterocycles. The van der Waals surface area contributed by atoms with Crippen LogP contribution in [0, 0.1) is 17.7 Å². The maximum Gasteiger partial charge on any atom is 0.351 e. The first-order valence-electron chi connectivity index (χ1n) is 5.96. The summed E-state index contributed by atoms with van der Waals surface area (Å²) in [7, 11) is 0. The number of anilines is 1. The number of aliphatic hydroxyl groups excluding tert-OH is 2. The lowest BCUT2D eigenvalue weighted by Gasteiger charge is -2.24. The van der Waals surface area contributed by atoms with Gasteiger partial charge in [0.1, 0.15) is 12.2 Å². The van der Waals surface area contributed by atoms with Crippen LogP contribution in [0.15, 0.2) is 11.0 Å². The maximum atomic E-state index is 14.9. The molecule has 0 radical (unpaired) electrons. The van der Waals surface area contributed by atoms with E-state index in [9.17, 15) is 18.7 Å². The third-order valence-electron chi connectivity index (χ3n) is 3.13. The Morgan fingerprint density at radius 2 is 2.33 bits per heavy atom. The van der Waals surface area contributed by atoms with Gasteiger partial charge in [0.25, 0.3) is 0 Å². The van der Waals surface area contributed by atoms with Crippen LogP contribution in [0.25, 0.3) is 0 Å². The molecule has 21 heavy (non-hydrogen) atoms. The van der Waals surface area contributed by atoms with E-state index >= 15 is 0 Å². The van der Waals surface area contributed by atoms with Crippen LogP contribution in [0.3, 0.4) is 0 Å². The molecular formula is C12H13F2N3O4. The van der Waals surface area contributed by atoms with Gasteiger partial charge in [-0.2, -0.15) is 4.98 Å². The van der Waals surface area contributed by atoms with Gasteiger partial charge in [-0.3, -0.25) is 4.57 Å². The number of hydrogen-bond donors (Lipinski definition) is 3. The minimum atomic E-state index is -2.70. The van der Waals surface area contributed by atoms with Gasteiger partial charge in [0.15, 0.2) is 17.9 Å². The van der Waals surface area contributed by atoms with E-state index in [1.807, 2.05) is 0 Å². The Balaban J connectivity index is 2.58. The number of hydrogen-bond acceptors (Lipinski definition) is 6. The standard InChI is InChI=1S/C12H13F2N3O4/c1-2-3-12(14)8(19)7(5-18)21-10(12)17-4-6(13)9(15)16-11(17)20/h4,7-8,10,18-19H,5H2,1H3,(H2,15,16,20)/t7?,8-,10?,12?/m0/s1. The number of nitrogens with zero attached hydrogens (tertiary/aromatic N) is 2. The lowest BCUT2D eigenvalue weighted by Crippen LogP contribution is -2.44. The molecule has 4 atom stereocenters. The Kier molecular flexibility index (Phi) is 3.95. The summed E-state index contributed by atoms with van der Waals surface area (Å²) in [4.78, 5) is 14.9. The molecule has 9 heteroatoms. The monoisotopic (exact) mass is 301 g/mol. The average Bonchev–Trinajstić information content (AvgIpc) is 2.67. The van der Waals surface area contributed by atoms with E-state index in [4.69, 9.17) is 15.6 Å².